The highest BCUT2D eigenvalue weighted by Gasteiger charge is 2.29. The Balaban J connectivity index is 2.24. The number of rotatable bonds is 4. The Morgan fingerprint density at radius 1 is 1.47 bits per heavy atom. The summed E-state index contributed by atoms with van der Waals surface area (Å²) in [6, 6.07) is 2.54. The molecule has 3 nitrogen and oxygen atoms in total. The zero-order valence-electron chi connectivity index (χ0n) is 9.20. The van der Waals surface area contributed by atoms with Crippen LogP contribution in [0.4, 0.5) is 5.82 Å². The molecule has 0 aromatic carbocycles. The van der Waals surface area contributed by atoms with Crippen molar-refractivity contribution in [2.45, 2.75) is 39.2 Å². The highest BCUT2D eigenvalue weighted by molar-refractivity contribution is 6.29. The zero-order valence-corrected chi connectivity index (χ0v) is 9.96. The van der Waals surface area contributed by atoms with E-state index in [1.807, 2.05) is 13.0 Å². The molecule has 82 valence electrons. The van der Waals surface area contributed by atoms with Crippen molar-refractivity contribution < 1.29 is 0 Å². The van der Waals surface area contributed by atoms with Gasteiger partial charge in [-0.2, -0.15) is 0 Å². The van der Waals surface area contributed by atoms with Crippen molar-refractivity contribution in [3.8, 4) is 0 Å². The van der Waals surface area contributed by atoms with Crippen LogP contribution >= 0.6 is 11.6 Å². The minimum Gasteiger partial charge on any atom is -0.353 e. The predicted molar refractivity (Wildman–Crippen MR) is 62.4 cm³/mol. The Morgan fingerprint density at radius 3 is 2.73 bits per heavy atom. The molecule has 0 bridgehead atoms. The summed E-state index contributed by atoms with van der Waals surface area (Å²) in [6.07, 6.45) is 3.69. The van der Waals surface area contributed by atoms with Gasteiger partial charge in [0.05, 0.1) is 0 Å². The number of halogens is 1. The van der Waals surface area contributed by atoms with Crippen LogP contribution in [0.3, 0.4) is 0 Å². The molecule has 1 saturated carbocycles. The zero-order chi connectivity index (χ0) is 10.8. The van der Waals surface area contributed by atoms with Gasteiger partial charge in [-0.1, -0.05) is 18.5 Å². The summed E-state index contributed by atoms with van der Waals surface area (Å²) in [5.41, 5.74) is 0. The second kappa shape index (κ2) is 4.35. The van der Waals surface area contributed by atoms with Crippen LogP contribution in [0.15, 0.2) is 6.07 Å². The Labute approximate surface area is 95.5 Å². The minimum atomic E-state index is 0.541. The first kappa shape index (κ1) is 10.7. The van der Waals surface area contributed by atoms with Gasteiger partial charge in [0.2, 0.25) is 0 Å². The van der Waals surface area contributed by atoms with Gasteiger partial charge in [0.15, 0.2) is 0 Å². The van der Waals surface area contributed by atoms with E-state index in [4.69, 9.17) is 11.6 Å². The lowest BCUT2D eigenvalue weighted by molar-refractivity contribution is 0.745. The van der Waals surface area contributed by atoms with E-state index < -0.39 is 0 Å². The number of anilines is 1. The maximum Gasteiger partial charge on any atom is 0.134 e. The summed E-state index contributed by atoms with van der Waals surface area (Å²) >= 11 is 5.94. The molecule has 15 heavy (non-hydrogen) atoms. The van der Waals surface area contributed by atoms with E-state index in [-0.39, 0.29) is 0 Å². The van der Waals surface area contributed by atoms with E-state index >= 15 is 0 Å². The standard InChI is InChI=1S/C11H16ClN3/c1-3-6-15(9-4-5-9)11-7-10(12)13-8(2)14-11/h7,9H,3-6H2,1-2H3. The van der Waals surface area contributed by atoms with E-state index in [0.717, 1.165) is 24.6 Å². The monoisotopic (exact) mass is 225 g/mol. The lowest BCUT2D eigenvalue weighted by Gasteiger charge is -2.23. The lowest BCUT2D eigenvalue weighted by Crippen LogP contribution is -2.27. The molecule has 0 radical (unpaired) electrons. The molecular weight excluding hydrogens is 210 g/mol. The number of hydrogen-bond donors (Lipinski definition) is 0. The molecular formula is C11H16ClN3. The minimum absolute atomic E-state index is 0.541. The van der Waals surface area contributed by atoms with Gasteiger partial charge in [0, 0.05) is 18.7 Å². The van der Waals surface area contributed by atoms with Crippen molar-refractivity contribution in [3.63, 3.8) is 0 Å². The highest BCUT2D eigenvalue weighted by Crippen LogP contribution is 2.31. The van der Waals surface area contributed by atoms with Gasteiger partial charge in [-0.25, -0.2) is 9.97 Å². The van der Waals surface area contributed by atoms with Crippen LogP contribution in [0.5, 0.6) is 0 Å². The third-order valence-electron chi connectivity index (χ3n) is 2.54. The first-order valence-corrected chi connectivity index (χ1v) is 5.86. The lowest BCUT2D eigenvalue weighted by atomic mass is 10.3. The van der Waals surface area contributed by atoms with E-state index in [2.05, 4.69) is 21.8 Å². The predicted octanol–water partition coefficient (Wildman–Crippen LogP) is 2.82. The fraction of sp³-hybridized carbons (Fsp3) is 0.636. The third kappa shape index (κ3) is 2.59. The Morgan fingerprint density at radius 2 is 2.20 bits per heavy atom. The van der Waals surface area contributed by atoms with Crippen molar-refractivity contribution in [2.24, 2.45) is 0 Å². The van der Waals surface area contributed by atoms with Crippen molar-refractivity contribution >= 4 is 17.4 Å². The van der Waals surface area contributed by atoms with E-state index in [1.54, 1.807) is 0 Å². The molecule has 2 rings (SSSR count). The van der Waals surface area contributed by atoms with Crippen LogP contribution in [0.25, 0.3) is 0 Å². The summed E-state index contributed by atoms with van der Waals surface area (Å²) in [7, 11) is 0. The number of aryl methyl sites for hydroxylation is 1. The van der Waals surface area contributed by atoms with Gasteiger partial charge in [-0.15, -0.1) is 0 Å². The number of nitrogens with zero attached hydrogens (tertiary/aromatic N) is 3. The molecule has 1 heterocycles. The fourth-order valence-electron chi connectivity index (χ4n) is 1.77. The molecule has 4 heteroatoms. The van der Waals surface area contributed by atoms with Crippen molar-refractivity contribution in [1.82, 2.24) is 9.97 Å². The van der Waals surface area contributed by atoms with Crippen molar-refractivity contribution in [3.05, 3.63) is 17.0 Å². The van der Waals surface area contributed by atoms with Crippen LogP contribution < -0.4 is 4.90 Å². The first-order valence-electron chi connectivity index (χ1n) is 5.48. The van der Waals surface area contributed by atoms with Crippen LogP contribution in [0, 0.1) is 6.92 Å². The molecule has 1 aliphatic rings. The van der Waals surface area contributed by atoms with Crippen molar-refractivity contribution in [2.75, 3.05) is 11.4 Å². The van der Waals surface area contributed by atoms with Gasteiger partial charge >= 0.3 is 0 Å². The largest absolute Gasteiger partial charge is 0.353 e. The molecule has 0 atom stereocenters. The third-order valence-corrected chi connectivity index (χ3v) is 2.73. The average Bonchev–Trinajstić information content (AvgIpc) is 2.95. The van der Waals surface area contributed by atoms with Gasteiger partial charge < -0.3 is 4.90 Å². The Kier molecular flexibility index (Phi) is 3.10. The average molecular weight is 226 g/mol. The summed E-state index contributed by atoms with van der Waals surface area (Å²) < 4.78 is 0. The summed E-state index contributed by atoms with van der Waals surface area (Å²) in [4.78, 5) is 10.9. The molecule has 0 N–H and O–H groups in total. The maximum atomic E-state index is 5.94. The summed E-state index contributed by atoms with van der Waals surface area (Å²) in [5, 5.41) is 0.541. The Bertz CT molecular complexity index is 329. The van der Waals surface area contributed by atoms with Crippen LogP contribution in [-0.4, -0.2) is 22.6 Å². The quantitative estimate of drug-likeness (QED) is 0.738. The topological polar surface area (TPSA) is 29.0 Å². The molecule has 1 fully saturated rings. The van der Waals surface area contributed by atoms with E-state index in [9.17, 15) is 0 Å². The molecule has 0 unspecified atom stereocenters. The molecule has 0 aliphatic heterocycles. The van der Waals surface area contributed by atoms with Gasteiger partial charge in [0.25, 0.3) is 0 Å². The van der Waals surface area contributed by atoms with Gasteiger partial charge in [0.1, 0.15) is 16.8 Å². The second-order valence-corrected chi connectivity index (χ2v) is 4.41. The van der Waals surface area contributed by atoms with Crippen LogP contribution in [0.1, 0.15) is 32.0 Å². The highest BCUT2D eigenvalue weighted by atomic mass is 35.5. The number of aromatic nitrogens is 2. The van der Waals surface area contributed by atoms with E-state index in [1.165, 1.54) is 12.8 Å². The normalized spacial score (nSPS) is 15.4. The molecule has 1 aromatic rings. The van der Waals surface area contributed by atoms with Gasteiger partial charge in [-0.05, 0) is 26.2 Å². The fourth-order valence-corrected chi connectivity index (χ4v) is 1.99. The molecule has 0 spiro atoms. The molecule has 0 amide bonds. The summed E-state index contributed by atoms with van der Waals surface area (Å²) in [5.74, 6) is 1.73. The van der Waals surface area contributed by atoms with Crippen LogP contribution in [-0.2, 0) is 0 Å². The van der Waals surface area contributed by atoms with Gasteiger partial charge in [-0.3, -0.25) is 0 Å². The van der Waals surface area contributed by atoms with Crippen LogP contribution in [0.2, 0.25) is 5.15 Å². The van der Waals surface area contributed by atoms with Crippen molar-refractivity contribution in [1.29, 1.82) is 0 Å². The first-order chi connectivity index (χ1) is 7.20. The molecule has 1 aliphatic carbocycles. The van der Waals surface area contributed by atoms with E-state index in [0.29, 0.717) is 11.2 Å². The molecule has 1 aromatic heterocycles. The summed E-state index contributed by atoms with van der Waals surface area (Å²) in [6.45, 7) is 5.12. The smallest absolute Gasteiger partial charge is 0.134 e. The Hall–Kier alpha value is -0.830. The second-order valence-electron chi connectivity index (χ2n) is 4.02. The molecule has 0 saturated heterocycles. The maximum absolute atomic E-state index is 5.94. The number of hydrogen-bond acceptors (Lipinski definition) is 3. The SMILES string of the molecule is CCCN(c1cc(Cl)nc(C)n1)C1CC1.